The lowest BCUT2D eigenvalue weighted by molar-refractivity contribution is 0.302. The third-order valence-electron chi connectivity index (χ3n) is 4.89. The van der Waals surface area contributed by atoms with Gasteiger partial charge in [-0.05, 0) is 60.5 Å². The molecule has 156 valence electrons. The van der Waals surface area contributed by atoms with Crippen LogP contribution in [-0.4, -0.2) is 11.5 Å². The fourth-order valence-corrected chi connectivity index (χ4v) is 3.76. The Labute approximate surface area is 190 Å². The molecule has 4 aromatic rings. The van der Waals surface area contributed by atoms with E-state index in [9.17, 15) is 4.39 Å². The molecule has 1 heterocycles. The van der Waals surface area contributed by atoms with Crippen molar-refractivity contribution in [2.75, 3.05) is 6.54 Å². The van der Waals surface area contributed by atoms with Crippen LogP contribution in [0.1, 0.15) is 16.7 Å². The maximum atomic E-state index is 13.1. The summed E-state index contributed by atoms with van der Waals surface area (Å²) in [6.45, 7) is 1.98. The second-order valence-corrected chi connectivity index (χ2v) is 7.87. The summed E-state index contributed by atoms with van der Waals surface area (Å²) in [5.41, 5.74) is 4.51. The maximum Gasteiger partial charge on any atom is 0.124 e. The highest BCUT2D eigenvalue weighted by Crippen LogP contribution is 2.24. The van der Waals surface area contributed by atoms with Crippen molar-refractivity contribution in [3.63, 3.8) is 0 Å². The van der Waals surface area contributed by atoms with E-state index in [2.05, 4.69) is 56.7 Å². The van der Waals surface area contributed by atoms with Gasteiger partial charge in [-0.3, -0.25) is 0 Å². The van der Waals surface area contributed by atoms with Crippen molar-refractivity contribution in [3.8, 4) is 5.75 Å². The Morgan fingerprint density at radius 1 is 0.967 bits per heavy atom. The molecule has 0 fully saturated rings. The zero-order chi connectivity index (χ0) is 20.1. The number of nitrogens with one attached hydrogen (secondary N) is 2. The lowest BCUT2D eigenvalue weighted by atomic mass is 10.1. The van der Waals surface area contributed by atoms with Gasteiger partial charge in [0.2, 0.25) is 0 Å². The molecule has 3 aromatic carbocycles. The summed E-state index contributed by atoms with van der Waals surface area (Å²) in [4.78, 5) is 3.32. The van der Waals surface area contributed by atoms with Gasteiger partial charge in [-0.2, -0.15) is 0 Å². The van der Waals surface area contributed by atoms with Gasteiger partial charge >= 0.3 is 0 Å². The molecule has 0 unspecified atom stereocenters. The van der Waals surface area contributed by atoms with Gasteiger partial charge in [0.1, 0.15) is 18.2 Å². The van der Waals surface area contributed by atoms with Crippen molar-refractivity contribution in [3.05, 3.63) is 99.9 Å². The van der Waals surface area contributed by atoms with Crippen LogP contribution in [0, 0.1) is 5.82 Å². The van der Waals surface area contributed by atoms with Crippen LogP contribution in [0.3, 0.4) is 0 Å². The van der Waals surface area contributed by atoms with Crippen LogP contribution in [0.5, 0.6) is 5.75 Å². The van der Waals surface area contributed by atoms with Crippen LogP contribution in [0.15, 0.2) is 77.4 Å². The van der Waals surface area contributed by atoms with E-state index in [1.54, 1.807) is 12.1 Å². The molecule has 0 aliphatic rings. The van der Waals surface area contributed by atoms with E-state index in [1.807, 2.05) is 18.2 Å². The molecule has 0 radical (unpaired) electrons. The third kappa shape index (κ3) is 5.63. The number of benzene rings is 3. The average molecular weight is 490 g/mol. The molecule has 4 rings (SSSR count). The first-order chi connectivity index (χ1) is 14.2. The minimum absolute atomic E-state index is 0. The molecule has 3 nitrogen and oxygen atoms in total. The van der Waals surface area contributed by atoms with E-state index in [0.717, 1.165) is 34.3 Å². The highest BCUT2D eigenvalue weighted by molar-refractivity contribution is 9.10. The predicted molar refractivity (Wildman–Crippen MR) is 126 cm³/mol. The summed E-state index contributed by atoms with van der Waals surface area (Å²) >= 11 is 3.54. The van der Waals surface area contributed by atoms with Gasteiger partial charge in [0, 0.05) is 33.7 Å². The molecule has 0 aliphatic carbocycles. The average Bonchev–Trinajstić information content (AvgIpc) is 3.15. The van der Waals surface area contributed by atoms with E-state index in [1.165, 1.54) is 28.6 Å². The van der Waals surface area contributed by atoms with Crippen LogP contribution < -0.4 is 10.1 Å². The van der Waals surface area contributed by atoms with Crippen LogP contribution in [0.25, 0.3) is 10.9 Å². The van der Waals surface area contributed by atoms with E-state index >= 15 is 0 Å². The van der Waals surface area contributed by atoms with Gasteiger partial charge < -0.3 is 15.0 Å². The second kappa shape index (κ2) is 10.6. The molecule has 0 amide bonds. The number of hydrogen-bond donors (Lipinski definition) is 2. The molecule has 6 heteroatoms. The Morgan fingerprint density at radius 3 is 2.60 bits per heavy atom. The zero-order valence-corrected chi connectivity index (χ0v) is 18.7. The number of halogens is 3. The number of ether oxygens (including phenoxy) is 1. The zero-order valence-electron chi connectivity index (χ0n) is 16.3. The Bertz CT molecular complexity index is 1100. The summed E-state index contributed by atoms with van der Waals surface area (Å²) in [6, 6.07) is 20.7. The van der Waals surface area contributed by atoms with Gasteiger partial charge in [0.05, 0.1) is 0 Å². The lowest BCUT2D eigenvalue weighted by Crippen LogP contribution is -2.17. The summed E-state index contributed by atoms with van der Waals surface area (Å²) in [5.74, 6) is 0.592. The molecule has 0 bridgehead atoms. The smallest absolute Gasteiger partial charge is 0.124 e. The monoisotopic (exact) mass is 488 g/mol. The summed E-state index contributed by atoms with van der Waals surface area (Å²) in [5, 5.41) is 4.79. The first-order valence-electron chi connectivity index (χ1n) is 9.60. The highest BCUT2D eigenvalue weighted by atomic mass is 79.9. The highest BCUT2D eigenvalue weighted by Gasteiger charge is 2.07. The van der Waals surface area contributed by atoms with Crippen molar-refractivity contribution >= 4 is 39.2 Å². The molecule has 0 spiro atoms. The molecule has 1 aromatic heterocycles. The number of fused-ring (bicyclic) bond motifs is 1. The van der Waals surface area contributed by atoms with Gasteiger partial charge in [-0.25, -0.2) is 4.39 Å². The van der Waals surface area contributed by atoms with Gasteiger partial charge in [-0.15, -0.1) is 12.4 Å². The Morgan fingerprint density at radius 2 is 1.77 bits per heavy atom. The Balaban J connectivity index is 0.00000256. The molecule has 2 N–H and O–H groups in total. The van der Waals surface area contributed by atoms with Gasteiger partial charge in [0.15, 0.2) is 0 Å². The van der Waals surface area contributed by atoms with Crippen LogP contribution in [0.2, 0.25) is 0 Å². The molecule has 0 saturated heterocycles. The van der Waals surface area contributed by atoms with Crippen molar-refractivity contribution in [2.24, 2.45) is 0 Å². The molecular weight excluding hydrogens is 467 g/mol. The largest absolute Gasteiger partial charge is 0.489 e. The van der Waals surface area contributed by atoms with E-state index in [4.69, 9.17) is 4.74 Å². The summed E-state index contributed by atoms with van der Waals surface area (Å²) < 4.78 is 20.1. The van der Waals surface area contributed by atoms with Crippen LogP contribution in [0.4, 0.5) is 4.39 Å². The Hall–Kier alpha value is -2.34. The number of H-pyrrole nitrogens is 1. The van der Waals surface area contributed by atoms with Crippen molar-refractivity contribution in [1.29, 1.82) is 0 Å². The van der Waals surface area contributed by atoms with Crippen molar-refractivity contribution < 1.29 is 9.13 Å². The standard InChI is InChI=1S/C24H22BrFN2O.ClH/c25-20-7-10-24(29-16-17-5-8-21(26)9-6-17)19(13-20)14-27-12-11-18-15-28-23-4-2-1-3-22(18)23;/h1-10,13,15,27-28H,11-12,14,16H2;1H. The number of para-hydroxylation sites is 1. The summed E-state index contributed by atoms with van der Waals surface area (Å²) in [6.07, 6.45) is 3.03. The van der Waals surface area contributed by atoms with Crippen molar-refractivity contribution in [1.82, 2.24) is 10.3 Å². The van der Waals surface area contributed by atoms with E-state index in [0.29, 0.717) is 13.2 Å². The molecular formula is C24H23BrClFN2O. The van der Waals surface area contributed by atoms with Crippen LogP contribution in [-0.2, 0) is 19.6 Å². The topological polar surface area (TPSA) is 37.0 Å². The quantitative estimate of drug-likeness (QED) is 0.281. The second-order valence-electron chi connectivity index (χ2n) is 6.95. The van der Waals surface area contributed by atoms with Crippen LogP contribution >= 0.6 is 28.3 Å². The predicted octanol–water partition coefficient (Wildman–Crippen LogP) is 6.40. The van der Waals surface area contributed by atoms with E-state index < -0.39 is 0 Å². The molecule has 30 heavy (non-hydrogen) atoms. The van der Waals surface area contributed by atoms with Gasteiger partial charge in [-0.1, -0.05) is 46.3 Å². The molecule has 0 atom stereocenters. The third-order valence-corrected chi connectivity index (χ3v) is 5.38. The minimum atomic E-state index is -0.238. The SMILES string of the molecule is Cl.Fc1ccc(COc2ccc(Br)cc2CNCCc2c[nH]c3ccccc23)cc1. The summed E-state index contributed by atoms with van der Waals surface area (Å²) in [7, 11) is 0. The number of hydrogen-bond acceptors (Lipinski definition) is 2. The first-order valence-corrected chi connectivity index (χ1v) is 10.4. The molecule has 0 aliphatic heterocycles. The lowest BCUT2D eigenvalue weighted by Gasteiger charge is -2.13. The fraction of sp³-hybridized carbons (Fsp3) is 0.167. The number of aromatic nitrogens is 1. The molecule has 0 saturated carbocycles. The number of aromatic amines is 1. The Kier molecular flexibility index (Phi) is 7.91. The van der Waals surface area contributed by atoms with E-state index in [-0.39, 0.29) is 18.2 Å². The minimum Gasteiger partial charge on any atom is -0.489 e. The normalized spacial score (nSPS) is 10.7. The van der Waals surface area contributed by atoms with Crippen molar-refractivity contribution in [2.45, 2.75) is 19.6 Å². The number of rotatable bonds is 8. The van der Waals surface area contributed by atoms with Gasteiger partial charge in [0.25, 0.3) is 0 Å². The fourth-order valence-electron chi connectivity index (χ4n) is 3.35. The first kappa shape index (κ1) is 22.3. The maximum absolute atomic E-state index is 13.1.